The van der Waals surface area contributed by atoms with E-state index in [1.54, 1.807) is 17.4 Å². The van der Waals surface area contributed by atoms with Crippen LogP contribution in [0.25, 0.3) is 0 Å². The number of nitrogens with zero attached hydrogens (tertiary/aromatic N) is 1. The Hall–Kier alpha value is -1.24. The summed E-state index contributed by atoms with van der Waals surface area (Å²) in [5.74, 6) is -0.864. The van der Waals surface area contributed by atoms with Gasteiger partial charge in [0, 0.05) is 23.3 Å². The Kier molecular flexibility index (Phi) is 3.88. The predicted octanol–water partition coefficient (Wildman–Crippen LogP) is 2.50. The van der Waals surface area contributed by atoms with E-state index >= 15 is 0 Å². The Morgan fingerprint density at radius 2 is 2.29 bits per heavy atom. The van der Waals surface area contributed by atoms with Crippen LogP contribution in [0.4, 0.5) is 0 Å². The van der Waals surface area contributed by atoms with Crippen LogP contribution in [0.3, 0.4) is 0 Å². The van der Waals surface area contributed by atoms with Crippen molar-refractivity contribution in [1.82, 2.24) is 10.3 Å². The Bertz CT molecular complexity index is 519. The number of carboxylic acids is 1. The summed E-state index contributed by atoms with van der Waals surface area (Å²) >= 11 is 2.93. The molecule has 2 rings (SSSR count). The molecule has 0 saturated carbocycles. The van der Waals surface area contributed by atoms with Crippen molar-refractivity contribution in [1.29, 1.82) is 0 Å². The van der Waals surface area contributed by atoms with Gasteiger partial charge in [-0.2, -0.15) is 0 Å². The number of thiazole rings is 1. The highest BCUT2D eigenvalue weighted by molar-refractivity contribution is 7.13. The average Bonchev–Trinajstić information content (AvgIpc) is 2.88. The SMILES string of the molecule is Cc1nc(CNCc2ccc(C(=O)O)s2)cs1. The number of carbonyl (C=O) groups is 1. The lowest BCUT2D eigenvalue weighted by atomic mass is 10.4. The van der Waals surface area contributed by atoms with Crippen LogP contribution in [0.5, 0.6) is 0 Å². The van der Waals surface area contributed by atoms with E-state index < -0.39 is 5.97 Å². The van der Waals surface area contributed by atoms with E-state index in [0.29, 0.717) is 18.0 Å². The monoisotopic (exact) mass is 268 g/mol. The summed E-state index contributed by atoms with van der Waals surface area (Å²) in [6.07, 6.45) is 0. The predicted molar refractivity (Wildman–Crippen MR) is 68.7 cm³/mol. The average molecular weight is 268 g/mol. The van der Waals surface area contributed by atoms with Gasteiger partial charge >= 0.3 is 5.97 Å². The van der Waals surface area contributed by atoms with Gasteiger partial charge in [0.25, 0.3) is 0 Å². The number of aryl methyl sites for hydroxylation is 1. The van der Waals surface area contributed by atoms with Gasteiger partial charge < -0.3 is 10.4 Å². The minimum atomic E-state index is -0.864. The molecule has 0 aliphatic rings. The van der Waals surface area contributed by atoms with Crippen molar-refractivity contribution in [2.45, 2.75) is 20.0 Å². The van der Waals surface area contributed by atoms with Crippen molar-refractivity contribution < 1.29 is 9.90 Å². The maximum atomic E-state index is 10.7. The van der Waals surface area contributed by atoms with E-state index in [2.05, 4.69) is 10.3 Å². The standard InChI is InChI=1S/C11H12N2O2S2/c1-7-13-8(6-16-7)4-12-5-9-2-3-10(17-9)11(14)15/h2-3,6,12H,4-5H2,1H3,(H,14,15). The fourth-order valence-electron chi connectivity index (χ4n) is 1.39. The number of hydrogen-bond acceptors (Lipinski definition) is 5. The molecule has 4 nitrogen and oxygen atoms in total. The molecule has 0 atom stereocenters. The second-order valence-corrected chi connectivity index (χ2v) is 5.76. The molecule has 0 bridgehead atoms. The van der Waals surface area contributed by atoms with Crippen molar-refractivity contribution in [3.63, 3.8) is 0 Å². The molecule has 0 aliphatic heterocycles. The van der Waals surface area contributed by atoms with Gasteiger partial charge in [0.2, 0.25) is 0 Å². The Morgan fingerprint density at radius 1 is 1.47 bits per heavy atom. The third kappa shape index (κ3) is 3.36. The second-order valence-electron chi connectivity index (χ2n) is 3.53. The molecule has 2 aromatic heterocycles. The molecule has 0 spiro atoms. The molecule has 0 radical (unpaired) electrons. The molecule has 0 unspecified atom stereocenters. The van der Waals surface area contributed by atoms with Crippen LogP contribution in [0.2, 0.25) is 0 Å². The fraction of sp³-hybridized carbons (Fsp3) is 0.273. The normalized spacial score (nSPS) is 10.6. The van der Waals surface area contributed by atoms with Crippen molar-refractivity contribution in [2.75, 3.05) is 0 Å². The molecule has 0 fully saturated rings. The molecule has 17 heavy (non-hydrogen) atoms. The van der Waals surface area contributed by atoms with Crippen molar-refractivity contribution >= 4 is 28.6 Å². The summed E-state index contributed by atoms with van der Waals surface area (Å²) in [5.41, 5.74) is 1.03. The Balaban J connectivity index is 1.83. The quantitative estimate of drug-likeness (QED) is 0.874. The fourth-order valence-corrected chi connectivity index (χ4v) is 2.82. The van der Waals surface area contributed by atoms with E-state index in [-0.39, 0.29) is 0 Å². The lowest BCUT2D eigenvalue weighted by Gasteiger charge is -1.99. The molecule has 0 aromatic carbocycles. The van der Waals surface area contributed by atoms with Gasteiger partial charge in [-0.1, -0.05) is 0 Å². The van der Waals surface area contributed by atoms with Crippen LogP contribution >= 0.6 is 22.7 Å². The van der Waals surface area contributed by atoms with E-state index in [1.807, 2.05) is 18.4 Å². The molecule has 6 heteroatoms. The van der Waals surface area contributed by atoms with Crippen molar-refractivity contribution in [3.8, 4) is 0 Å². The number of aromatic carboxylic acids is 1. The highest BCUT2D eigenvalue weighted by Gasteiger charge is 2.06. The van der Waals surface area contributed by atoms with Gasteiger partial charge in [0.05, 0.1) is 10.7 Å². The first-order valence-corrected chi connectivity index (χ1v) is 6.78. The van der Waals surface area contributed by atoms with Crippen molar-refractivity contribution in [2.24, 2.45) is 0 Å². The van der Waals surface area contributed by atoms with Crippen LogP contribution in [0, 0.1) is 6.92 Å². The highest BCUT2D eigenvalue weighted by atomic mass is 32.1. The summed E-state index contributed by atoms with van der Waals surface area (Å²) < 4.78 is 0. The summed E-state index contributed by atoms with van der Waals surface area (Å²) in [6, 6.07) is 3.48. The highest BCUT2D eigenvalue weighted by Crippen LogP contribution is 2.16. The number of carboxylic acid groups (broad SMARTS) is 1. The number of rotatable bonds is 5. The van der Waals surface area contributed by atoms with E-state index in [0.717, 1.165) is 15.6 Å². The zero-order valence-electron chi connectivity index (χ0n) is 9.27. The topological polar surface area (TPSA) is 62.2 Å². The van der Waals surface area contributed by atoms with Gasteiger partial charge in [-0.25, -0.2) is 9.78 Å². The van der Waals surface area contributed by atoms with Crippen LogP contribution < -0.4 is 5.32 Å². The Labute approximate surface area is 107 Å². The molecule has 2 N–H and O–H groups in total. The van der Waals surface area contributed by atoms with Gasteiger partial charge in [0.1, 0.15) is 4.88 Å². The van der Waals surface area contributed by atoms with Gasteiger partial charge in [-0.05, 0) is 19.1 Å². The van der Waals surface area contributed by atoms with Crippen LogP contribution in [0.1, 0.15) is 25.3 Å². The zero-order valence-corrected chi connectivity index (χ0v) is 10.9. The van der Waals surface area contributed by atoms with Crippen LogP contribution in [-0.2, 0) is 13.1 Å². The largest absolute Gasteiger partial charge is 0.477 e. The molecular weight excluding hydrogens is 256 g/mol. The summed E-state index contributed by atoms with van der Waals surface area (Å²) in [4.78, 5) is 16.4. The zero-order chi connectivity index (χ0) is 12.3. The first kappa shape index (κ1) is 12.2. The minimum Gasteiger partial charge on any atom is -0.477 e. The first-order valence-electron chi connectivity index (χ1n) is 5.09. The molecule has 0 amide bonds. The first-order chi connectivity index (χ1) is 8.15. The maximum absolute atomic E-state index is 10.7. The molecule has 2 aromatic rings. The number of aromatic nitrogens is 1. The van der Waals surface area contributed by atoms with Gasteiger partial charge in [0.15, 0.2) is 0 Å². The molecule has 90 valence electrons. The summed E-state index contributed by atoms with van der Waals surface area (Å²) in [6.45, 7) is 3.37. The summed E-state index contributed by atoms with van der Waals surface area (Å²) in [5, 5.41) is 15.1. The lowest BCUT2D eigenvalue weighted by Crippen LogP contribution is -2.11. The van der Waals surface area contributed by atoms with E-state index in [4.69, 9.17) is 5.11 Å². The molecule has 0 saturated heterocycles. The van der Waals surface area contributed by atoms with Crippen LogP contribution in [0.15, 0.2) is 17.5 Å². The smallest absolute Gasteiger partial charge is 0.345 e. The molecular formula is C11H12N2O2S2. The van der Waals surface area contributed by atoms with E-state index in [9.17, 15) is 4.79 Å². The van der Waals surface area contributed by atoms with Gasteiger partial charge in [-0.3, -0.25) is 0 Å². The van der Waals surface area contributed by atoms with Crippen molar-refractivity contribution in [3.05, 3.63) is 38.0 Å². The Morgan fingerprint density at radius 3 is 2.88 bits per heavy atom. The number of thiophene rings is 1. The van der Waals surface area contributed by atoms with Gasteiger partial charge in [-0.15, -0.1) is 22.7 Å². The van der Waals surface area contributed by atoms with Crippen LogP contribution in [-0.4, -0.2) is 16.1 Å². The number of nitrogens with one attached hydrogen (secondary N) is 1. The summed E-state index contributed by atoms with van der Waals surface area (Å²) in [7, 11) is 0. The van der Waals surface area contributed by atoms with E-state index in [1.165, 1.54) is 11.3 Å². The third-order valence-corrected chi connectivity index (χ3v) is 4.04. The lowest BCUT2D eigenvalue weighted by molar-refractivity contribution is 0.0702. The third-order valence-electron chi connectivity index (χ3n) is 2.14. The molecule has 0 aliphatic carbocycles. The maximum Gasteiger partial charge on any atom is 0.345 e. The number of hydrogen-bond donors (Lipinski definition) is 2. The minimum absolute atomic E-state index is 0.381. The molecule has 2 heterocycles. The second kappa shape index (κ2) is 5.39.